The average Bonchev–Trinajstić information content (AvgIpc) is 3.21. The van der Waals surface area contributed by atoms with Gasteiger partial charge in [-0.1, -0.05) is 6.07 Å². The predicted molar refractivity (Wildman–Crippen MR) is 75.6 cm³/mol. The van der Waals surface area contributed by atoms with Gasteiger partial charge in [0.05, 0.1) is 0 Å². The van der Waals surface area contributed by atoms with Crippen LogP contribution in [0.3, 0.4) is 0 Å². The molecule has 2 rings (SSSR count). The molecule has 108 valence electrons. The van der Waals surface area contributed by atoms with Crippen LogP contribution in [-0.4, -0.2) is 29.5 Å². The third-order valence-electron chi connectivity index (χ3n) is 3.36. The van der Waals surface area contributed by atoms with E-state index in [0.717, 1.165) is 12.8 Å². The highest BCUT2D eigenvalue weighted by Crippen LogP contribution is 2.19. The standard InChI is InChI=1S/C15H20N2O3/c1-10-12(4-2-5-13(10)18)15(20)16-9-3-6-14(19)17-11-7-8-11/h2,4-5,11,18H,3,6-9H2,1H3,(H,16,20)(H,17,19). The summed E-state index contributed by atoms with van der Waals surface area (Å²) in [5.74, 6) is -0.0576. The zero-order valence-corrected chi connectivity index (χ0v) is 11.6. The average molecular weight is 276 g/mol. The minimum Gasteiger partial charge on any atom is -0.508 e. The molecule has 1 aromatic rings. The molecule has 0 atom stereocenters. The van der Waals surface area contributed by atoms with E-state index in [-0.39, 0.29) is 17.6 Å². The lowest BCUT2D eigenvalue weighted by Gasteiger charge is -2.08. The van der Waals surface area contributed by atoms with Crippen molar-refractivity contribution in [3.05, 3.63) is 29.3 Å². The molecule has 0 aromatic heterocycles. The summed E-state index contributed by atoms with van der Waals surface area (Å²) in [6, 6.07) is 5.24. The Morgan fingerprint density at radius 3 is 2.80 bits per heavy atom. The van der Waals surface area contributed by atoms with E-state index in [0.29, 0.717) is 36.6 Å². The summed E-state index contributed by atoms with van der Waals surface area (Å²) in [6.07, 6.45) is 3.20. The van der Waals surface area contributed by atoms with E-state index in [2.05, 4.69) is 10.6 Å². The van der Waals surface area contributed by atoms with Gasteiger partial charge in [0.1, 0.15) is 5.75 Å². The molecule has 1 aliphatic carbocycles. The maximum absolute atomic E-state index is 11.9. The van der Waals surface area contributed by atoms with Crippen molar-refractivity contribution in [1.29, 1.82) is 0 Å². The van der Waals surface area contributed by atoms with Crippen molar-refractivity contribution in [3.8, 4) is 5.75 Å². The summed E-state index contributed by atoms with van der Waals surface area (Å²) in [6.45, 7) is 2.15. The normalized spacial score (nSPS) is 13.8. The Bertz CT molecular complexity index is 510. The van der Waals surface area contributed by atoms with Crippen LogP contribution in [0.15, 0.2) is 18.2 Å². The van der Waals surface area contributed by atoms with Crippen molar-refractivity contribution in [1.82, 2.24) is 10.6 Å². The van der Waals surface area contributed by atoms with Crippen molar-refractivity contribution in [2.24, 2.45) is 0 Å². The number of nitrogens with one attached hydrogen (secondary N) is 2. The number of phenols is 1. The molecule has 2 amide bonds. The van der Waals surface area contributed by atoms with Crippen molar-refractivity contribution >= 4 is 11.8 Å². The number of phenolic OH excluding ortho intramolecular Hbond substituents is 1. The lowest BCUT2D eigenvalue weighted by molar-refractivity contribution is -0.121. The zero-order chi connectivity index (χ0) is 14.5. The van der Waals surface area contributed by atoms with Crippen LogP contribution >= 0.6 is 0 Å². The molecule has 0 unspecified atom stereocenters. The van der Waals surface area contributed by atoms with Crippen LogP contribution in [-0.2, 0) is 4.79 Å². The number of hydrogen-bond donors (Lipinski definition) is 3. The van der Waals surface area contributed by atoms with Crippen molar-refractivity contribution < 1.29 is 14.7 Å². The summed E-state index contributed by atoms with van der Waals surface area (Å²) < 4.78 is 0. The van der Waals surface area contributed by atoms with Crippen LogP contribution in [0, 0.1) is 6.92 Å². The first-order valence-electron chi connectivity index (χ1n) is 6.94. The van der Waals surface area contributed by atoms with Gasteiger partial charge in [0.25, 0.3) is 5.91 Å². The Hall–Kier alpha value is -2.04. The predicted octanol–water partition coefficient (Wildman–Crippen LogP) is 1.49. The number of hydrogen-bond acceptors (Lipinski definition) is 3. The van der Waals surface area contributed by atoms with Crippen LogP contribution in [0.5, 0.6) is 5.75 Å². The SMILES string of the molecule is Cc1c(O)cccc1C(=O)NCCCC(=O)NC1CC1. The van der Waals surface area contributed by atoms with E-state index < -0.39 is 0 Å². The second kappa shape index (κ2) is 6.41. The largest absolute Gasteiger partial charge is 0.508 e. The van der Waals surface area contributed by atoms with Crippen LogP contribution in [0.2, 0.25) is 0 Å². The molecule has 3 N–H and O–H groups in total. The molecule has 5 heteroatoms. The van der Waals surface area contributed by atoms with Gasteiger partial charge in [-0.3, -0.25) is 9.59 Å². The summed E-state index contributed by atoms with van der Waals surface area (Å²) in [7, 11) is 0. The Kier molecular flexibility index (Phi) is 4.61. The number of rotatable bonds is 6. The smallest absolute Gasteiger partial charge is 0.251 e. The highest BCUT2D eigenvalue weighted by atomic mass is 16.3. The van der Waals surface area contributed by atoms with Gasteiger partial charge in [0, 0.05) is 30.1 Å². The van der Waals surface area contributed by atoms with Gasteiger partial charge in [0.2, 0.25) is 5.91 Å². The molecular weight excluding hydrogens is 256 g/mol. The van der Waals surface area contributed by atoms with E-state index in [4.69, 9.17) is 0 Å². The molecule has 0 heterocycles. The van der Waals surface area contributed by atoms with Gasteiger partial charge >= 0.3 is 0 Å². The first-order valence-corrected chi connectivity index (χ1v) is 6.94. The van der Waals surface area contributed by atoms with Gasteiger partial charge in [-0.25, -0.2) is 0 Å². The molecule has 0 bridgehead atoms. The highest BCUT2D eigenvalue weighted by molar-refractivity contribution is 5.96. The van der Waals surface area contributed by atoms with Gasteiger partial charge in [-0.15, -0.1) is 0 Å². The lowest BCUT2D eigenvalue weighted by Crippen LogP contribution is -2.28. The molecule has 0 saturated heterocycles. The molecule has 1 fully saturated rings. The van der Waals surface area contributed by atoms with Gasteiger partial charge in [-0.2, -0.15) is 0 Å². The van der Waals surface area contributed by atoms with Crippen molar-refractivity contribution in [3.63, 3.8) is 0 Å². The van der Waals surface area contributed by atoms with Crippen LogP contribution in [0.1, 0.15) is 41.6 Å². The topological polar surface area (TPSA) is 78.4 Å². The third-order valence-corrected chi connectivity index (χ3v) is 3.36. The first kappa shape index (κ1) is 14.4. The monoisotopic (exact) mass is 276 g/mol. The lowest BCUT2D eigenvalue weighted by atomic mass is 10.1. The summed E-state index contributed by atoms with van der Waals surface area (Å²) in [4.78, 5) is 23.4. The van der Waals surface area contributed by atoms with E-state index in [1.807, 2.05) is 0 Å². The number of carbonyl (C=O) groups excluding carboxylic acids is 2. The molecule has 1 aliphatic rings. The van der Waals surface area contributed by atoms with E-state index in [1.165, 1.54) is 0 Å². The summed E-state index contributed by atoms with van der Waals surface area (Å²) in [5.41, 5.74) is 1.03. The highest BCUT2D eigenvalue weighted by Gasteiger charge is 2.22. The van der Waals surface area contributed by atoms with E-state index >= 15 is 0 Å². The second-order valence-corrected chi connectivity index (χ2v) is 5.15. The fourth-order valence-electron chi connectivity index (χ4n) is 1.94. The third kappa shape index (κ3) is 3.98. The Morgan fingerprint density at radius 2 is 2.10 bits per heavy atom. The molecule has 0 radical (unpaired) electrons. The molecule has 5 nitrogen and oxygen atoms in total. The number of carbonyl (C=O) groups is 2. The van der Waals surface area contributed by atoms with Crippen molar-refractivity contribution in [2.75, 3.05) is 6.54 Å². The summed E-state index contributed by atoms with van der Waals surface area (Å²) in [5, 5.41) is 15.2. The van der Waals surface area contributed by atoms with Gasteiger partial charge < -0.3 is 15.7 Å². The molecule has 1 aromatic carbocycles. The van der Waals surface area contributed by atoms with Crippen LogP contribution in [0.4, 0.5) is 0 Å². The minimum atomic E-state index is -0.221. The van der Waals surface area contributed by atoms with E-state index in [1.54, 1.807) is 25.1 Å². The fourth-order valence-corrected chi connectivity index (χ4v) is 1.94. The molecule has 0 spiro atoms. The molecule has 0 aliphatic heterocycles. The Labute approximate surface area is 118 Å². The zero-order valence-electron chi connectivity index (χ0n) is 11.6. The molecule has 1 saturated carbocycles. The van der Waals surface area contributed by atoms with E-state index in [9.17, 15) is 14.7 Å². The molecular formula is C15H20N2O3. The van der Waals surface area contributed by atoms with Crippen molar-refractivity contribution in [2.45, 2.75) is 38.6 Å². The first-order chi connectivity index (χ1) is 9.58. The van der Waals surface area contributed by atoms with Gasteiger partial charge in [-0.05, 0) is 38.3 Å². The Balaban J connectivity index is 1.71. The quantitative estimate of drug-likeness (QED) is 0.689. The maximum atomic E-state index is 11.9. The number of aromatic hydroxyl groups is 1. The minimum absolute atomic E-state index is 0.0512. The number of benzene rings is 1. The van der Waals surface area contributed by atoms with Crippen LogP contribution < -0.4 is 10.6 Å². The second-order valence-electron chi connectivity index (χ2n) is 5.15. The number of amides is 2. The Morgan fingerprint density at radius 1 is 1.35 bits per heavy atom. The maximum Gasteiger partial charge on any atom is 0.251 e. The van der Waals surface area contributed by atoms with Gasteiger partial charge in [0.15, 0.2) is 0 Å². The fraction of sp³-hybridized carbons (Fsp3) is 0.467. The van der Waals surface area contributed by atoms with Crippen LogP contribution in [0.25, 0.3) is 0 Å². The molecule has 20 heavy (non-hydrogen) atoms. The summed E-state index contributed by atoms with van der Waals surface area (Å²) >= 11 is 0.